The van der Waals surface area contributed by atoms with Crippen molar-refractivity contribution in [3.05, 3.63) is 0 Å². The predicted molar refractivity (Wildman–Crippen MR) is 30.6 cm³/mol. The molecule has 0 amide bonds. The summed E-state index contributed by atoms with van der Waals surface area (Å²) in [6.45, 7) is 0. The molecule has 0 aliphatic carbocycles. The average Bonchev–Trinajstić information content (AvgIpc) is 1.27. The maximum atomic E-state index is 8.64. The van der Waals surface area contributed by atoms with E-state index in [1.807, 2.05) is 0 Å². The van der Waals surface area contributed by atoms with Crippen LogP contribution in [0.15, 0.2) is 0 Å². The number of hydrogen-bond acceptors (Lipinski definition) is 3. The van der Waals surface area contributed by atoms with E-state index in [-0.39, 0.29) is 6.04 Å². The summed E-state index contributed by atoms with van der Waals surface area (Å²) >= 11 is 0. The summed E-state index contributed by atoms with van der Waals surface area (Å²) in [6, 6.07) is 0.0463. The highest BCUT2D eigenvalue weighted by atomic mass is 32.3. The number of nitrogens with two attached hydrogens (primary N) is 1. The first-order chi connectivity index (χ1) is 3.10. The zero-order chi connectivity index (χ0) is 5.49. The van der Waals surface area contributed by atoms with Gasteiger partial charge in [-0.15, -0.1) is 0 Å². The Morgan fingerprint density at radius 2 is 1.86 bits per heavy atom. The third-order valence-corrected chi connectivity index (χ3v) is 2.89. The fourth-order valence-corrected chi connectivity index (χ4v) is 1.91. The molecule has 4 N–H and O–H groups in total. The van der Waals surface area contributed by atoms with Crippen molar-refractivity contribution in [2.45, 2.75) is 6.04 Å². The fourth-order valence-electron chi connectivity index (χ4n) is 0.637. The maximum absolute atomic E-state index is 8.64. The van der Waals surface area contributed by atoms with Crippen LogP contribution >= 0.6 is 10.6 Å². The van der Waals surface area contributed by atoms with Crippen LogP contribution in [0.25, 0.3) is 0 Å². The molecule has 0 saturated carbocycles. The monoisotopic (exact) mass is 123 g/mol. The van der Waals surface area contributed by atoms with Gasteiger partial charge in [0.25, 0.3) is 0 Å². The first-order valence-corrected chi connectivity index (χ1v) is 3.98. The molecule has 1 aliphatic heterocycles. The van der Waals surface area contributed by atoms with Crippen molar-refractivity contribution in [1.82, 2.24) is 0 Å². The summed E-state index contributed by atoms with van der Waals surface area (Å²) in [4.78, 5) is 0. The topological polar surface area (TPSA) is 66.5 Å². The number of rotatable bonds is 0. The van der Waals surface area contributed by atoms with E-state index < -0.39 is 10.6 Å². The molecule has 0 aromatic carbocycles. The first-order valence-electron chi connectivity index (χ1n) is 2.09. The zero-order valence-corrected chi connectivity index (χ0v) is 4.69. The second kappa shape index (κ2) is 1.35. The lowest BCUT2D eigenvalue weighted by molar-refractivity contribution is 0.454. The van der Waals surface area contributed by atoms with Gasteiger partial charge in [-0.25, -0.2) is 0 Å². The van der Waals surface area contributed by atoms with E-state index in [0.29, 0.717) is 11.5 Å². The first kappa shape index (κ1) is 5.37. The van der Waals surface area contributed by atoms with Crippen LogP contribution in [0, 0.1) is 0 Å². The summed E-state index contributed by atoms with van der Waals surface area (Å²) in [5, 5.41) is 0. The Hall–Kier alpha value is 0.230. The molecule has 0 spiro atoms. The van der Waals surface area contributed by atoms with Gasteiger partial charge in [-0.1, -0.05) is 0 Å². The minimum atomic E-state index is -2.16. The molecule has 7 heavy (non-hydrogen) atoms. The highest BCUT2D eigenvalue weighted by molar-refractivity contribution is 8.25. The number of hydrogen-bond donors (Lipinski definition) is 3. The maximum Gasteiger partial charge on any atom is 0.0541 e. The SMILES string of the molecule is NC1CS(O)(O)C1. The summed E-state index contributed by atoms with van der Waals surface area (Å²) < 4.78 is 17.3. The molecule has 0 unspecified atom stereocenters. The summed E-state index contributed by atoms with van der Waals surface area (Å²) in [6.07, 6.45) is 0. The van der Waals surface area contributed by atoms with Gasteiger partial charge >= 0.3 is 0 Å². The average molecular weight is 123 g/mol. The molecule has 1 fully saturated rings. The van der Waals surface area contributed by atoms with E-state index in [9.17, 15) is 0 Å². The van der Waals surface area contributed by atoms with Crippen LogP contribution in [0.4, 0.5) is 0 Å². The molecule has 44 valence electrons. The van der Waals surface area contributed by atoms with E-state index in [1.165, 1.54) is 0 Å². The summed E-state index contributed by atoms with van der Waals surface area (Å²) in [5.41, 5.74) is 5.25. The molecule has 0 aromatic heterocycles. The Morgan fingerprint density at radius 3 is 1.86 bits per heavy atom. The van der Waals surface area contributed by atoms with E-state index >= 15 is 0 Å². The second-order valence-corrected chi connectivity index (χ2v) is 4.17. The molecule has 1 heterocycles. The lowest BCUT2D eigenvalue weighted by Gasteiger charge is -2.45. The van der Waals surface area contributed by atoms with Crippen LogP contribution in [0.2, 0.25) is 0 Å². The van der Waals surface area contributed by atoms with Crippen molar-refractivity contribution in [3.8, 4) is 0 Å². The largest absolute Gasteiger partial charge is 0.325 e. The quantitative estimate of drug-likeness (QED) is 0.427. The van der Waals surface area contributed by atoms with Crippen molar-refractivity contribution in [2.24, 2.45) is 5.73 Å². The van der Waals surface area contributed by atoms with Gasteiger partial charge in [0.2, 0.25) is 0 Å². The van der Waals surface area contributed by atoms with Crippen molar-refractivity contribution < 1.29 is 9.11 Å². The molecule has 0 atom stereocenters. The van der Waals surface area contributed by atoms with Gasteiger partial charge in [-0.05, 0) is 0 Å². The molecule has 0 bridgehead atoms. The minimum absolute atomic E-state index is 0.0463. The third kappa shape index (κ3) is 1.07. The van der Waals surface area contributed by atoms with Gasteiger partial charge in [0, 0.05) is 6.04 Å². The standard InChI is InChI=1S/C3H9NO2S/c4-3-1-7(5,6)2-3/h3,5-6H,1-2,4H2. The van der Waals surface area contributed by atoms with E-state index in [2.05, 4.69) is 0 Å². The van der Waals surface area contributed by atoms with Crippen LogP contribution < -0.4 is 5.73 Å². The highest BCUT2D eigenvalue weighted by Crippen LogP contribution is 2.47. The molecule has 1 rings (SSSR count). The molecular weight excluding hydrogens is 114 g/mol. The molecule has 1 saturated heterocycles. The van der Waals surface area contributed by atoms with Gasteiger partial charge in [-0.3, -0.25) is 9.11 Å². The van der Waals surface area contributed by atoms with E-state index in [0.717, 1.165) is 0 Å². The van der Waals surface area contributed by atoms with Crippen molar-refractivity contribution in [1.29, 1.82) is 0 Å². The molecule has 1 aliphatic rings. The van der Waals surface area contributed by atoms with Crippen molar-refractivity contribution >= 4 is 10.6 Å². The van der Waals surface area contributed by atoms with E-state index in [4.69, 9.17) is 14.8 Å². The Balaban J connectivity index is 2.29. The lowest BCUT2D eigenvalue weighted by Crippen LogP contribution is -2.44. The van der Waals surface area contributed by atoms with Crippen LogP contribution in [-0.2, 0) is 0 Å². The van der Waals surface area contributed by atoms with Gasteiger partial charge in [0.1, 0.15) is 0 Å². The molecule has 0 radical (unpaired) electrons. The Kier molecular flexibility index (Phi) is 1.04. The van der Waals surface area contributed by atoms with Gasteiger partial charge in [0.15, 0.2) is 0 Å². The van der Waals surface area contributed by atoms with Crippen LogP contribution in [0.1, 0.15) is 0 Å². The fraction of sp³-hybridized carbons (Fsp3) is 1.00. The normalized spacial score (nSPS) is 34.1. The van der Waals surface area contributed by atoms with Gasteiger partial charge in [0.05, 0.1) is 11.5 Å². The summed E-state index contributed by atoms with van der Waals surface area (Å²) in [5.74, 6) is 0.819. The smallest absolute Gasteiger partial charge is 0.0541 e. The second-order valence-electron chi connectivity index (χ2n) is 1.90. The van der Waals surface area contributed by atoms with Crippen LogP contribution in [-0.4, -0.2) is 26.7 Å². The molecule has 4 heteroatoms. The van der Waals surface area contributed by atoms with Gasteiger partial charge < -0.3 is 5.73 Å². The van der Waals surface area contributed by atoms with Gasteiger partial charge in [-0.2, -0.15) is 10.6 Å². The highest BCUT2D eigenvalue weighted by Gasteiger charge is 2.29. The molecular formula is C3H9NO2S. The molecule has 3 nitrogen and oxygen atoms in total. The minimum Gasteiger partial charge on any atom is -0.325 e. The Morgan fingerprint density at radius 1 is 1.43 bits per heavy atom. The predicted octanol–water partition coefficient (Wildman–Crippen LogP) is 0.0779. The van der Waals surface area contributed by atoms with E-state index in [1.54, 1.807) is 0 Å². The molecule has 0 aromatic rings. The Bertz CT molecular complexity index is 77.0. The zero-order valence-electron chi connectivity index (χ0n) is 3.87. The lowest BCUT2D eigenvalue weighted by atomic mass is 10.4. The Labute approximate surface area is 43.9 Å². The van der Waals surface area contributed by atoms with Crippen molar-refractivity contribution in [3.63, 3.8) is 0 Å². The van der Waals surface area contributed by atoms with Crippen LogP contribution in [0.3, 0.4) is 0 Å². The summed E-state index contributed by atoms with van der Waals surface area (Å²) in [7, 11) is -2.16. The van der Waals surface area contributed by atoms with Crippen molar-refractivity contribution in [2.75, 3.05) is 11.5 Å². The third-order valence-electron chi connectivity index (χ3n) is 0.962. The van der Waals surface area contributed by atoms with Crippen LogP contribution in [0.5, 0.6) is 0 Å².